The lowest BCUT2D eigenvalue weighted by atomic mass is 9.94. The first-order valence-corrected chi connectivity index (χ1v) is 12.0. The van der Waals surface area contributed by atoms with E-state index in [1.54, 1.807) is 55.1 Å². The van der Waals surface area contributed by atoms with Gasteiger partial charge in [-0.3, -0.25) is 19.1 Å². The van der Waals surface area contributed by atoms with Crippen LogP contribution in [0, 0.1) is 11.7 Å². The predicted octanol–water partition coefficient (Wildman–Crippen LogP) is 3.96. The number of hydrogen-bond acceptors (Lipinski definition) is 5. The maximum Gasteiger partial charge on any atom is 0.257 e. The molecule has 9 nitrogen and oxygen atoms in total. The molecule has 0 saturated carbocycles. The number of benzene rings is 2. The molecular weight excluding hydrogens is 477 g/mol. The van der Waals surface area contributed by atoms with Crippen LogP contribution in [0.2, 0.25) is 0 Å². The van der Waals surface area contributed by atoms with Crippen LogP contribution in [0.4, 0.5) is 10.2 Å². The Morgan fingerprint density at radius 3 is 2.57 bits per heavy atom. The van der Waals surface area contributed by atoms with E-state index >= 15 is 0 Å². The lowest BCUT2D eigenvalue weighted by molar-refractivity contribution is 0.0718. The van der Waals surface area contributed by atoms with Gasteiger partial charge in [0.15, 0.2) is 5.82 Å². The molecule has 2 heterocycles. The highest BCUT2D eigenvalue weighted by molar-refractivity contribution is 6.07. The van der Waals surface area contributed by atoms with E-state index in [4.69, 9.17) is 4.74 Å². The van der Waals surface area contributed by atoms with Crippen LogP contribution in [-0.2, 0) is 13.5 Å². The maximum absolute atomic E-state index is 14.7. The molecule has 0 radical (unpaired) electrons. The van der Waals surface area contributed by atoms with E-state index in [1.807, 2.05) is 13.8 Å². The average Bonchev–Trinajstić information content (AvgIpc) is 3.24. The second-order valence-corrected chi connectivity index (χ2v) is 9.67. The van der Waals surface area contributed by atoms with Gasteiger partial charge in [0.25, 0.3) is 17.7 Å². The summed E-state index contributed by atoms with van der Waals surface area (Å²) in [6.45, 7) is 5.16. The van der Waals surface area contributed by atoms with Gasteiger partial charge in [-0.15, -0.1) is 0 Å². The molecule has 4 rings (SSSR count). The van der Waals surface area contributed by atoms with Crippen LogP contribution in [0.1, 0.15) is 50.5 Å². The molecule has 0 atom stereocenters. The Hall–Kier alpha value is -4.21. The zero-order chi connectivity index (χ0) is 26.9. The second-order valence-electron chi connectivity index (χ2n) is 9.67. The van der Waals surface area contributed by atoms with Crippen LogP contribution in [0.5, 0.6) is 11.5 Å². The van der Waals surface area contributed by atoms with Gasteiger partial charge in [-0.05, 0) is 36.6 Å². The fraction of sp³-hybridized carbons (Fsp3) is 0.333. The van der Waals surface area contributed by atoms with Crippen molar-refractivity contribution in [1.29, 1.82) is 0 Å². The third kappa shape index (κ3) is 5.63. The van der Waals surface area contributed by atoms with Crippen LogP contribution >= 0.6 is 0 Å². The fourth-order valence-corrected chi connectivity index (χ4v) is 4.22. The molecule has 1 aromatic heterocycles. The van der Waals surface area contributed by atoms with E-state index in [9.17, 15) is 18.8 Å². The van der Waals surface area contributed by atoms with E-state index in [1.165, 1.54) is 17.0 Å². The van der Waals surface area contributed by atoms with Crippen molar-refractivity contribution in [3.05, 3.63) is 70.7 Å². The SMILES string of the molecule is CC(C)CN1CCc2c(Oc3ccc(C(=O)N(C)C)c(F)c3)cc(C(=O)Nc3ccn(C)n3)cc2C1=O. The number of nitrogens with one attached hydrogen (secondary N) is 1. The lowest BCUT2D eigenvalue weighted by Crippen LogP contribution is -2.40. The number of ether oxygens (including phenoxy) is 1. The van der Waals surface area contributed by atoms with Crippen LogP contribution in [0.3, 0.4) is 0 Å². The highest BCUT2D eigenvalue weighted by atomic mass is 19.1. The van der Waals surface area contributed by atoms with E-state index in [2.05, 4.69) is 10.4 Å². The first kappa shape index (κ1) is 25.9. The van der Waals surface area contributed by atoms with Crippen molar-refractivity contribution in [3.8, 4) is 11.5 Å². The van der Waals surface area contributed by atoms with E-state index in [0.717, 1.165) is 6.07 Å². The topological polar surface area (TPSA) is 96.8 Å². The molecule has 2 aromatic carbocycles. The number of rotatable bonds is 7. The highest BCUT2D eigenvalue weighted by Gasteiger charge is 2.29. The van der Waals surface area contributed by atoms with Crippen LogP contribution < -0.4 is 10.1 Å². The molecule has 0 saturated heterocycles. The van der Waals surface area contributed by atoms with Crippen molar-refractivity contribution in [2.24, 2.45) is 13.0 Å². The molecule has 194 valence electrons. The average molecular weight is 508 g/mol. The molecule has 0 bridgehead atoms. The van der Waals surface area contributed by atoms with Gasteiger partial charge in [-0.2, -0.15) is 5.10 Å². The first-order chi connectivity index (χ1) is 17.5. The molecule has 1 aliphatic rings. The molecule has 10 heteroatoms. The van der Waals surface area contributed by atoms with Gasteiger partial charge in [0.05, 0.1) is 5.56 Å². The van der Waals surface area contributed by atoms with Gasteiger partial charge in [-0.1, -0.05) is 13.8 Å². The summed E-state index contributed by atoms with van der Waals surface area (Å²) in [4.78, 5) is 41.7. The van der Waals surface area contributed by atoms with Gasteiger partial charge < -0.3 is 19.9 Å². The Morgan fingerprint density at radius 1 is 1.19 bits per heavy atom. The van der Waals surface area contributed by atoms with Gasteiger partial charge in [0.1, 0.15) is 17.3 Å². The van der Waals surface area contributed by atoms with Gasteiger partial charge >= 0.3 is 0 Å². The Labute approximate surface area is 214 Å². The number of halogens is 1. The molecule has 37 heavy (non-hydrogen) atoms. The number of aromatic nitrogens is 2. The van der Waals surface area contributed by atoms with Crippen LogP contribution in [-0.4, -0.2) is 64.5 Å². The molecule has 0 unspecified atom stereocenters. The lowest BCUT2D eigenvalue weighted by Gasteiger charge is -2.31. The largest absolute Gasteiger partial charge is 0.457 e. The molecule has 0 fully saturated rings. The minimum Gasteiger partial charge on any atom is -0.457 e. The summed E-state index contributed by atoms with van der Waals surface area (Å²) in [6, 6.07) is 8.73. The molecule has 1 N–H and O–H groups in total. The maximum atomic E-state index is 14.7. The molecule has 0 spiro atoms. The molecule has 3 aromatic rings. The quantitative estimate of drug-likeness (QED) is 0.522. The van der Waals surface area contributed by atoms with Crippen molar-refractivity contribution in [1.82, 2.24) is 19.6 Å². The van der Waals surface area contributed by atoms with Crippen molar-refractivity contribution >= 4 is 23.5 Å². The number of nitrogens with zero attached hydrogens (tertiary/aromatic N) is 4. The van der Waals surface area contributed by atoms with Gasteiger partial charge in [0, 0.05) is 69.3 Å². The molecule has 0 aliphatic carbocycles. The fourth-order valence-electron chi connectivity index (χ4n) is 4.22. The second kappa shape index (κ2) is 10.4. The minimum absolute atomic E-state index is 0.0811. The van der Waals surface area contributed by atoms with E-state index < -0.39 is 17.6 Å². The van der Waals surface area contributed by atoms with E-state index in [-0.39, 0.29) is 34.5 Å². The highest BCUT2D eigenvalue weighted by Crippen LogP contribution is 2.34. The third-order valence-corrected chi connectivity index (χ3v) is 5.97. The molecule has 3 amide bonds. The normalized spacial score (nSPS) is 12.9. The number of anilines is 1. The summed E-state index contributed by atoms with van der Waals surface area (Å²) in [5.74, 6) is -0.768. The Bertz CT molecular complexity index is 1360. The number of aryl methyl sites for hydroxylation is 1. The summed E-state index contributed by atoms with van der Waals surface area (Å²) in [5, 5.41) is 6.88. The summed E-state index contributed by atoms with van der Waals surface area (Å²) in [7, 11) is 4.82. The Kier molecular flexibility index (Phi) is 7.28. The summed E-state index contributed by atoms with van der Waals surface area (Å²) in [6.07, 6.45) is 2.22. The summed E-state index contributed by atoms with van der Waals surface area (Å²) >= 11 is 0. The van der Waals surface area contributed by atoms with E-state index in [0.29, 0.717) is 36.5 Å². The summed E-state index contributed by atoms with van der Waals surface area (Å²) in [5.41, 5.74) is 1.14. The zero-order valence-electron chi connectivity index (χ0n) is 21.5. The van der Waals surface area contributed by atoms with Gasteiger partial charge in [0.2, 0.25) is 0 Å². The van der Waals surface area contributed by atoms with Crippen molar-refractivity contribution in [2.45, 2.75) is 20.3 Å². The minimum atomic E-state index is -0.728. The number of carbonyl (C=O) groups excluding carboxylic acids is 3. The van der Waals surface area contributed by atoms with Crippen molar-refractivity contribution in [3.63, 3.8) is 0 Å². The predicted molar refractivity (Wildman–Crippen MR) is 137 cm³/mol. The smallest absolute Gasteiger partial charge is 0.257 e. The summed E-state index contributed by atoms with van der Waals surface area (Å²) < 4.78 is 22.3. The Morgan fingerprint density at radius 2 is 1.95 bits per heavy atom. The van der Waals surface area contributed by atoms with Crippen LogP contribution in [0.25, 0.3) is 0 Å². The number of hydrogen-bond donors (Lipinski definition) is 1. The first-order valence-electron chi connectivity index (χ1n) is 12.0. The third-order valence-electron chi connectivity index (χ3n) is 5.97. The van der Waals surface area contributed by atoms with Crippen molar-refractivity contribution in [2.75, 3.05) is 32.5 Å². The van der Waals surface area contributed by atoms with Crippen LogP contribution in [0.15, 0.2) is 42.6 Å². The number of carbonyl (C=O) groups is 3. The van der Waals surface area contributed by atoms with Crippen molar-refractivity contribution < 1.29 is 23.5 Å². The molecular formula is C27H30FN5O4. The standard InChI is InChI=1S/C27H30FN5O4/c1-16(2)15-33-11-8-19-21(27(33)36)12-17(25(34)29-24-9-10-32(5)30-24)13-23(19)37-18-6-7-20(22(28)14-18)26(35)31(3)4/h6-7,9-10,12-14,16H,8,11,15H2,1-5H3,(H,29,30,34). The Balaban J connectivity index is 1.71. The monoisotopic (exact) mass is 507 g/mol. The number of amides is 3. The zero-order valence-corrected chi connectivity index (χ0v) is 21.5. The number of fused-ring (bicyclic) bond motifs is 1. The van der Waals surface area contributed by atoms with Gasteiger partial charge in [-0.25, -0.2) is 4.39 Å². The molecule has 1 aliphatic heterocycles.